The van der Waals surface area contributed by atoms with Crippen molar-refractivity contribution in [2.45, 2.75) is 12.5 Å². The molecule has 4 aromatic rings. The third-order valence-corrected chi connectivity index (χ3v) is 7.60. The van der Waals surface area contributed by atoms with Gasteiger partial charge in [0, 0.05) is 18.1 Å². The number of nitro benzene ring substituents is 1. The van der Waals surface area contributed by atoms with E-state index >= 15 is 0 Å². The first-order valence-electron chi connectivity index (χ1n) is 13.2. The highest BCUT2D eigenvalue weighted by molar-refractivity contribution is 6.42. The average molecular weight is 647 g/mol. The molecule has 226 valence electrons. The van der Waals surface area contributed by atoms with Crippen molar-refractivity contribution in [2.24, 2.45) is 0 Å². The lowest BCUT2D eigenvalue weighted by atomic mass is 10.0. The minimum absolute atomic E-state index is 0.119. The largest absolute Gasteiger partial charge is 0.456 e. The number of carbonyl (C=O) groups excluding carboxylic acids is 5. The molecule has 13 heteroatoms. The van der Waals surface area contributed by atoms with Crippen LogP contribution in [0, 0.1) is 10.1 Å². The van der Waals surface area contributed by atoms with Crippen LogP contribution in [0.4, 0.5) is 5.69 Å². The van der Waals surface area contributed by atoms with Gasteiger partial charge in [0.05, 0.1) is 26.1 Å². The Morgan fingerprint density at radius 1 is 0.822 bits per heavy atom. The molecular formula is C32H20Cl2N2O9. The summed E-state index contributed by atoms with van der Waals surface area (Å²) in [6.07, 6.45) is -0.161. The van der Waals surface area contributed by atoms with Crippen LogP contribution in [0.5, 0.6) is 5.75 Å². The molecule has 0 bridgehead atoms. The molecule has 0 saturated carbocycles. The molecule has 1 atom stereocenters. The van der Waals surface area contributed by atoms with Gasteiger partial charge < -0.3 is 9.47 Å². The van der Waals surface area contributed by atoms with E-state index in [4.69, 9.17) is 32.7 Å². The molecular weight excluding hydrogens is 627 g/mol. The van der Waals surface area contributed by atoms with Crippen LogP contribution in [-0.2, 0) is 16.0 Å². The standard InChI is InChI=1S/C32H20Cl2N2O9/c33-23-14-11-20(16-24(23)34)31(40)45-21-12-9-19(10-13-21)27(37)17-44-32(41)26(15-18-5-2-1-3-6-18)35-29(38)22-7-4-8-25(36(42)43)28(22)30(35)39/h1-14,16,26H,15,17H2. The van der Waals surface area contributed by atoms with E-state index in [-0.39, 0.29) is 38.9 Å². The topological polar surface area (TPSA) is 150 Å². The van der Waals surface area contributed by atoms with Crippen molar-refractivity contribution >= 4 is 58.4 Å². The first-order chi connectivity index (χ1) is 21.5. The number of rotatable bonds is 10. The molecule has 1 heterocycles. The minimum Gasteiger partial charge on any atom is -0.456 e. The number of amides is 2. The highest BCUT2D eigenvalue weighted by Crippen LogP contribution is 2.33. The van der Waals surface area contributed by atoms with Gasteiger partial charge in [0.15, 0.2) is 12.4 Å². The number of carbonyl (C=O) groups is 5. The Bertz CT molecular complexity index is 1860. The summed E-state index contributed by atoms with van der Waals surface area (Å²) in [6.45, 7) is -0.740. The fourth-order valence-electron chi connectivity index (χ4n) is 4.65. The molecule has 1 aliphatic heterocycles. The summed E-state index contributed by atoms with van der Waals surface area (Å²) in [4.78, 5) is 76.6. The molecule has 11 nitrogen and oxygen atoms in total. The summed E-state index contributed by atoms with van der Waals surface area (Å²) in [5.41, 5.74) is -0.350. The van der Waals surface area contributed by atoms with Gasteiger partial charge in [-0.2, -0.15) is 0 Å². The normalized spacial score (nSPS) is 12.8. The summed E-state index contributed by atoms with van der Waals surface area (Å²) in [5, 5.41) is 12.0. The van der Waals surface area contributed by atoms with Crippen LogP contribution in [0.25, 0.3) is 0 Å². The van der Waals surface area contributed by atoms with Crippen molar-refractivity contribution in [1.29, 1.82) is 0 Å². The van der Waals surface area contributed by atoms with Crippen molar-refractivity contribution in [3.8, 4) is 5.75 Å². The predicted molar refractivity (Wildman–Crippen MR) is 161 cm³/mol. The number of nitrogens with zero attached hydrogens (tertiary/aromatic N) is 2. The van der Waals surface area contributed by atoms with Crippen molar-refractivity contribution in [3.05, 3.63) is 139 Å². The number of fused-ring (bicyclic) bond motifs is 1. The maximum atomic E-state index is 13.4. The average Bonchev–Trinajstić information content (AvgIpc) is 3.29. The summed E-state index contributed by atoms with van der Waals surface area (Å²) < 4.78 is 10.6. The second-order valence-corrected chi connectivity index (χ2v) is 10.5. The number of Topliss-reactive ketones (excluding diaryl/α,β-unsaturated/α-hetero) is 1. The molecule has 0 aliphatic carbocycles. The van der Waals surface area contributed by atoms with Gasteiger partial charge in [-0.3, -0.25) is 29.4 Å². The third-order valence-electron chi connectivity index (χ3n) is 6.86. The summed E-state index contributed by atoms with van der Waals surface area (Å²) in [6, 6.07) is 20.3. The van der Waals surface area contributed by atoms with Gasteiger partial charge in [-0.15, -0.1) is 0 Å². The molecule has 0 spiro atoms. The van der Waals surface area contributed by atoms with Crippen LogP contribution < -0.4 is 4.74 Å². The maximum Gasteiger partial charge on any atom is 0.343 e. The molecule has 4 aromatic carbocycles. The Labute approximate surface area is 265 Å². The zero-order chi connectivity index (χ0) is 32.2. The van der Waals surface area contributed by atoms with Crippen LogP contribution in [0.3, 0.4) is 0 Å². The Morgan fingerprint density at radius 3 is 2.18 bits per heavy atom. The first-order valence-corrected chi connectivity index (χ1v) is 14.0. The smallest absolute Gasteiger partial charge is 0.343 e. The number of esters is 2. The Kier molecular flexibility index (Phi) is 9.03. The number of ether oxygens (including phenoxy) is 2. The lowest BCUT2D eigenvalue weighted by molar-refractivity contribution is -0.385. The molecule has 0 radical (unpaired) electrons. The zero-order valence-corrected chi connectivity index (χ0v) is 24.5. The number of benzene rings is 4. The highest BCUT2D eigenvalue weighted by Gasteiger charge is 2.47. The fourth-order valence-corrected chi connectivity index (χ4v) is 4.95. The lowest BCUT2D eigenvalue weighted by Crippen LogP contribution is -2.47. The van der Waals surface area contributed by atoms with Crippen molar-refractivity contribution in [2.75, 3.05) is 6.61 Å². The molecule has 1 unspecified atom stereocenters. The molecule has 1 aliphatic rings. The Hall–Kier alpha value is -5.39. The monoisotopic (exact) mass is 646 g/mol. The number of ketones is 1. The van der Waals surface area contributed by atoms with E-state index in [1.165, 1.54) is 54.6 Å². The second-order valence-electron chi connectivity index (χ2n) is 9.72. The molecule has 5 rings (SSSR count). The molecule has 0 N–H and O–H groups in total. The van der Waals surface area contributed by atoms with E-state index in [9.17, 15) is 34.1 Å². The molecule has 0 aromatic heterocycles. The fraction of sp³-hybridized carbons (Fsp3) is 0.0938. The predicted octanol–water partition coefficient (Wildman–Crippen LogP) is 5.75. The van der Waals surface area contributed by atoms with Crippen molar-refractivity contribution in [3.63, 3.8) is 0 Å². The molecule has 2 amide bonds. The van der Waals surface area contributed by atoms with Gasteiger partial charge in [0.1, 0.15) is 17.4 Å². The minimum atomic E-state index is -1.52. The molecule has 45 heavy (non-hydrogen) atoms. The van der Waals surface area contributed by atoms with Gasteiger partial charge in [-0.25, -0.2) is 9.59 Å². The van der Waals surface area contributed by atoms with E-state index in [0.29, 0.717) is 10.5 Å². The number of nitro groups is 1. The number of imide groups is 1. The van der Waals surface area contributed by atoms with E-state index < -0.39 is 58.4 Å². The van der Waals surface area contributed by atoms with Gasteiger partial charge >= 0.3 is 11.9 Å². The van der Waals surface area contributed by atoms with E-state index in [1.54, 1.807) is 30.3 Å². The number of hydrogen-bond donors (Lipinski definition) is 0. The second kappa shape index (κ2) is 13.1. The number of hydrogen-bond acceptors (Lipinski definition) is 9. The third kappa shape index (κ3) is 6.59. The lowest BCUT2D eigenvalue weighted by Gasteiger charge is -2.24. The maximum absolute atomic E-state index is 13.4. The Balaban J connectivity index is 1.29. The molecule has 0 saturated heterocycles. The Morgan fingerprint density at radius 2 is 1.51 bits per heavy atom. The van der Waals surface area contributed by atoms with Crippen molar-refractivity contribution < 1.29 is 38.4 Å². The highest BCUT2D eigenvalue weighted by atomic mass is 35.5. The van der Waals surface area contributed by atoms with E-state index in [2.05, 4.69) is 0 Å². The van der Waals surface area contributed by atoms with Gasteiger partial charge in [0.2, 0.25) is 0 Å². The van der Waals surface area contributed by atoms with Crippen LogP contribution >= 0.6 is 23.2 Å². The van der Waals surface area contributed by atoms with E-state index in [1.807, 2.05) is 0 Å². The summed E-state index contributed by atoms with van der Waals surface area (Å²) >= 11 is 11.8. The van der Waals surface area contributed by atoms with Crippen LogP contribution in [0.2, 0.25) is 10.0 Å². The zero-order valence-electron chi connectivity index (χ0n) is 23.0. The molecule has 0 fully saturated rings. The number of halogens is 2. The first kappa shape index (κ1) is 31.0. The van der Waals surface area contributed by atoms with Crippen LogP contribution in [0.1, 0.15) is 47.0 Å². The van der Waals surface area contributed by atoms with Crippen LogP contribution in [0.15, 0.2) is 91.0 Å². The van der Waals surface area contributed by atoms with Crippen LogP contribution in [-0.4, -0.2) is 52.0 Å². The quantitative estimate of drug-likeness (QED) is 0.0523. The van der Waals surface area contributed by atoms with Crippen molar-refractivity contribution in [1.82, 2.24) is 4.90 Å². The van der Waals surface area contributed by atoms with Gasteiger partial charge in [-0.1, -0.05) is 59.6 Å². The summed E-state index contributed by atoms with van der Waals surface area (Å²) in [5.74, 6) is -4.17. The van der Waals surface area contributed by atoms with Gasteiger partial charge in [-0.05, 0) is 54.1 Å². The van der Waals surface area contributed by atoms with Gasteiger partial charge in [0.25, 0.3) is 17.5 Å². The summed E-state index contributed by atoms with van der Waals surface area (Å²) in [7, 11) is 0. The SMILES string of the molecule is O=C(COC(=O)C(Cc1ccccc1)N1C(=O)c2cccc([N+](=O)[O-])c2C1=O)c1ccc(OC(=O)c2ccc(Cl)c(Cl)c2)cc1. The van der Waals surface area contributed by atoms with E-state index in [0.717, 1.165) is 6.07 Å².